The average Bonchev–Trinajstić information content (AvgIpc) is 2.56. The van der Waals surface area contributed by atoms with Gasteiger partial charge in [0.1, 0.15) is 0 Å². The van der Waals surface area contributed by atoms with Gasteiger partial charge in [0.2, 0.25) is 0 Å². The van der Waals surface area contributed by atoms with Crippen LogP contribution in [-0.2, 0) is 43.2 Å². The Balaban J connectivity index is 2.79. The molecule has 1 aromatic carbocycles. The van der Waals surface area contributed by atoms with Crippen molar-refractivity contribution < 1.29 is 46.5 Å². The Hall–Kier alpha value is -0.506. The van der Waals surface area contributed by atoms with Gasteiger partial charge in [0.15, 0.2) is 0 Å². The molecule has 0 amide bonds. The van der Waals surface area contributed by atoms with Crippen molar-refractivity contribution in [1.29, 1.82) is 0 Å². The van der Waals surface area contributed by atoms with E-state index in [1.54, 1.807) is 12.1 Å². The van der Waals surface area contributed by atoms with Gasteiger partial charge >= 0.3 is 142 Å². The van der Waals surface area contributed by atoms with Gasteiger partial charge in [-0.2, -0.15) is 0 Å². The van der Waals surface area contributed by atoms with Gasteiger partial charge in [-0.15, -0.1) is 0 Å². The van der Waals surface area contributed by atoms with Gasteiger partial charge < -0.3 is 0 Å². The Bertz CT molecular complexity index is 364. The first-order valence-electron chi connectivity index (χ1n) is 7.92. The molecule has 0 N–H and O–H groups in total. The molecule has 0 unspecified atom stereocenters. The van der Waals surface area contributed by atoms with Crippen LogP contribution in [0.2, 0.25) is 0 Å². The molecule has 0 saturated carbocycles. The first-order valence-corrected chi connectivity index (χ1v) is 10.5. The fraction of sp³-hybridized carbons (Fsp3) is 0.600. The Morgan fingerprint density at radius 1 is 0.696 bits per heavy atom. The second-order valence-electron chi connectivity index (χ2n) is 4.63. The van der Waals surface area contributed by atoms with E-state index >= 15 is 0 Å². The van der Waals surface area contributed by atoms with Crippen LogP contribution in [0.4, 0.5) is 0 Å². The zero-order chi connectivity index (χ0) is 16.8. The summed E-state index contributed by atoms with van der Waals surface area (Å²) >= 11 is -4.41. The first-order chi connectivity index (χ1) is 11.3. The van der Waals surface area contributed by atoms with Gasteiger partial charge in [0.05, 0.1) is 0 Å². The molecule has 0 radical (unpaired) electrons. The standard InChI is InChI=1S/C6H6O.3C3H8O2.Ti/c7-6-4-2-1-3-5-6;3*1-2-3-5-4;/h1-5,7H;3*4H,2-3H2,1H3;/q;;;;+4/p-4. The molecule has 0 aromatic heterocycles. The molecular formula is C15H26O7Ti. The second kappa shape index (κ2) is 12.9. The summed E-state index contributed by atoms with van der Waals surface area (Å²) in [6, 6.07) is 9.05. The molecule has 0 spiro atoms. The fourth-order valence-corrected chi connectivity index (χ4v) is 3.34. The molecule has 0 fully saturated rings. The summed E-state index contributed by atoms with van der Waals surface area (Å²) in [5, 5.41) is 0. The molecule has 7 nitrogen and oxygen atoms in total. The van der Waals surface area contributed by atoms with Crippen LogP contribution in [0, 0.1) is 0 Å². The van der Waals surface area contributed by atoms with Crippen LogP contribution in [0.3, 0.4) is 0 Å². The SMILES string of the molecule is CCCO[O][Ti]([O]OCCC)([O]OCCC)[O]c1ccccc1. The monoisotopic (exact) mass is 366 g/mol. The number of hydrogen-bond acceptors (Lipinski definition) is 7. The second-order valence-corrected chi connectivity index (χ2v) is 7.29. The number of rotatable bonds is 14. The third-order valence-electron chi connectivity index (χ3n) is 2.33. The van der Waals surface area contributed by atoms with E-state index in [0.717, 1.165) is 19.3 Å². The van der Waals surface area contributed by atoms with Crippen molar-refractivity contribution in [3.8, 4) is 5.75 Å². The van der Waals surface area contributed by atoms with Crippen LogP contribution in [0.5, 0.6) is 5.75 Å². The molecule has 1 aromatic rings. The van der Waals surface area contributed by atoms with Crippen molar-refractivity contribution in [2.45, 2.75) is 40.0 Å². The Morgan fingerprint density at radius 2 is 1.13 bits per heavy atom. The van der Waals surface area contributed by atoms with Gasteiger partial charge in [-0.25, -0.2) is 0 Å². The van der Waals surface area contributed by atoms with Gasteiger partial charge in [-0.1, -0.05) is 0 Å². The maximum atomic E-state index is 5.79. The van der Waals surface area contributed by atoms with Gasteiger partial charge in [-0.05, 0) is 0 Å². The van der Waals surface area contributed by atoms with Gasteiger partial charge in [0.25, 0.3) is 0 Å². The summed E-state index contributed by atoms with van der Waals surface area (Å²) in [6.07, 6.45) is 2.32. The van der Waals surface area contributed by atoms with E-state index in [2.05, 4.69) is 0 Å². The molecule has 8 heteroatoms. The fourth-order valence-electron chi connectivity index (χ4n) is 1.32. The molecule has 0 aliphatic carbocycles. The molecule has 0 bridgehead atoms. The summed E-state index contributed by atoms with van der Waals surface area (Å²) in [7, 11) is 0. The van der Waals surface area contributed by atoms with E-state index in [4.69, 9.17) is 28.4 Å². The predicted molar refractivity (Wildman–Crippen MR) is 79.1 cm³/mol. The van der Waals surface area contributed by atoms with E-state index in [0.29, 0.717) is 25.6 Å². The minimum atomic E-state index is -4.41. The van der Waals surface area contributed by atoms with Crippen LogP contribution in [0.25, 0.3) is 0 Å². The van der Waals surface area contributed by atoms with E-state index in [9.17, 15) is 0 Å². The number of para-hydroxylation sites is 1. The van der Waals surface area contributed by atoms with Crippen LogP contribution in [-0.4, -0.2) is 19.8 Å². The van der Waals surface area contributed by atoms with E-state index in [-0.39, 0.29) is 0 Å². The molecule has 0 saturated heterocycles. The van der Waals surface area contributed by atoms with Crippen LogP contribution < -0.4 is 3.32 Å². The number of benzene rings is 1. The van der Waals surface area contributed by atoms with Crippen LogP contribution in [0.15, 0.2) is 30.3 Å². The Morgan fingerprint density at radius 3 is 1.52 bits per heavy atom. The first kappa shape index (κ1) is 20.5. The van der Waals surface area contributed by atoms with E-state index < -0.39 is 18.1 Å². The van der Waals surface area contributed by atoms with E-state index in [1.165, 1.54) is 0 Å². The Kier molecular flexibility index (Phi) is 11.5. The molecule has 0 aliphatic rings. The summed E-state index contributed by atoms with van der Waals surface area (Å²) in [6.45, 7) is 7.00. The van der Waals surface area contributed by atoms with Crippen molar-refractivity contribution in [1.82, 2.24) is 0 Å². The van der Waals surface area contributed by atoms with Crippen molar-refractivity contribution >= 4 is 0 Å². The summed E-state index contributed by atoms with van der Waals surface area (Å²) in [5.41, 5.74) is 0. The molecule has 1 rings (SSSR count). The zero-order valence-corrected chi connectivity index (χ0v) is 15.5. The molecule has 23 heavy (non-hydrogen) atoms. The average molecular weight is 366 g/mol. The zero-order valence-electron chi connectivity index (χ0n) is 14.0. The van der Waals surface area contributed by atoms with Crippen LogP contribution in [0.1, 0.15) is 40.0 Å². The molecular weight excluding hydrogens is 340 g/mol. The number of hydrogen-bond donors (Lipinski definition) is 0. The maximum absolute atomic E-state index is 5.79. The predicted octanol–water partition coefficient (Wildman–Crippen LogP) is 3.95. The summed E-state index contributed by atoms with van der Waals surface area (Å²) in [4.78, 5) is 15.4. The van der Waals surface area contributed by atoms with Gasteiger partial charge in [0, 0.05) is 0 Å². The minimum absolute atomic E-state index is 0.374. The quantitative estimate of drug-likeness (QED) is 0.214. The molecule has 0 heterocycles. The third kappa shape index (κ3) is 8.78. The molecule has 0 aliphatic heterocycles. The topological polar surface area (TPSA) is 64.6 Å². The third-order valence-corrected chi connectivity index (χ3v) is 4.60. The summed E-state index contributed by atoms with van der Waals surface area (Å²) < 4.78 is 21.8. The van der Waals surface area contributed by atoms with Crippen molar-refractivity contribution in [2.75, 3.05) is 19.8 Å². The van der Waals surface area contributed by atoms with Crippen molar-refractivity contribution in [3.05, 3.63) is 30.3 Å². The molecule has 132 valence electrons. The molecule has 0 atom stereocenters. The summed E-state index contributed by atoms with van der Waals surface area (Å²) in [5.74, 6) is 0.521. The van der Waals surface area contributed by atoms with Gasteiger partial charge in [-0.3, -0.25) is 0 Å². The van der Waals surface area contributed by atoms with E-state index in [1.807, 2.05) is 39.0 Å². The normalized spacial score (nSPS) is 11.6. The van der Waals surface area contributed by atoms with Crippen LogP contribution >= 0.6 is 0 Å². The van der Waals surface area contributed by atoms with Crippen molar-refractivity contribution in [3.63, 3.8) is 0 Å². The Labute approximate surface area is 142 Å². The van der Waals surface area contributed by atoms with Crippen molar-refractivity contribution in [2.24, 2.45) is 0 Å².